The Labute approximate surface area is 164 Å². The van der Waals surface area contributed by atoms with Crippen molar-refractivity contribution in [2.75, 3.05) is 13.7 Å². The first-order valence-electron chi connectivity index (χ1n) is 9.31. The molecule has 1 aromatic heterocycles. The molecule has 8 heteroatoms. The number of hydrogen-bond donors (Lipinski definition) is 4. The quantitative estimate of drug-likeness (QED) is 0.266. The van der Waals surface area contributed by atoms with E-state index < -0.39 is 11.8 Å². The van der Waals surface area contributed by atoms with Crippen LogP contribution < -0.4 is 21.3 Å². The number of hydrazine groups is 1. The zero-order valence-electron chi connectivity index (χ0n) is 16.5. The van der Waals surface area contributed by atoms with Gasteiger partial charge in [0.15, 0.2) is 5.78 Å². The fraction of sp³-hybridized carbons (Fsp3) is 0.450. The molecule has 0 spiro atoms. The Morgan fingerprint density at radius 3 is 2.64 bits per heavy atom. The molecular weight excluding hydrogens is 360 g/mol. The summed E-state index contributed by atoms with van der Waals surface area (Å²) in [6.45, 7) is 4.24. The van der Waals surface area contributed by atoms with Gasteiger partial charge in [-0.3, -0.25) is 19.8 Å². The number of amides is 2. The van der Waals surface area contributed by atoms with Crippen molar-refractivity contribution in [2.45, 2.75) is 33.1 Å². The Hall–Kier alpha value is -2.87. The van der Waals surface area contributed by atoms with Gasteiger partial charge in [-0.1, -0.05) is 19.9 Å². The number of carbonyl (C=O) groups excluding carboxylic acids is 3. The molecule has 0 radical (unpaired) electrons. The molecule has 28 heavy (non-hydrogen) atoms. The van der Waals surface area contributed by atoms with Gasteiger partial charge in [0.1, 0.15) is 5.75 Å². The minimum atomic E-state index is -0.484. The lowest BCUT2D eigenvalue weighted by Crippen LogP contribution is -2.43. The van der Waals surface area contributed by atoms with Crippen LogP contribution in [0.2, 0.25) is 0 Å². The number of nitrogens with two attached hydrogens (primary N) is 1. The van der Waals surface area contributed by atoms with Crippen LogP contribution in [0.5, 0.6) is 5.75 Å². The van der Waals surface area contributed by atoms with Crippen molar-refractivity contribution in [3.05, 3.63) is 30.0 Å². The Morgan fingerprint density at radius 2 is 2.00 bits per heavy atom. The molecule has 2 aromatic rings. The first kappa shape index (κ1) is 21.4. The second-order valence-corrected chi connectivity index (χ2v) is 7.19. The summed E-state index contributed by atoms with van der Waals surface area (Å²) in [7, 11) is 1.58. The molecule has 2 rings (SSSR count). The van der Waals surface area contributed by atoms with Crippen LogP contribution in [0, 0.1) is 11.8 Å². The lowest BCUT2D eigenvalue weighted by atomic mass is 9.91. The average molecular weight is 388 g/mol. The molecule has 1 aromatic carbocycles. The molecule has 0 bridgehead atoms. The molecule has 8 nitrogen and oxygen atoms in total. The standard InChI is InChI=1S/C20H28N4O4/c1-12(2)9-13(20(27)24-22-8-7-19(21)26)10-17(25)16-11-14-15(23-16)5-4-6-18(14)28-3/h4-6,11-13,22-23H,7-10H2,1-3H3,(H2,21,26)(H,24,27)/t13-/m1/s1. The summed E-state index contributed by atoms with van der Waals surface area (Å²) in [5.74, 6) is -0.428. The van der Waals surface area contributed by atoms with E-state index in [0.29, 0.717) is 17.9 Å². The van der Waals surface area contributed by atoms with Crippen molar-refractivity contribution in [3.63, 3.8) is 0 Å². The highest BCUT2D eigenvalue weighted by atomic mass is 16.5. The molecular formula is C20H28N4O4. The van der Waals surface area contributed by atoms with Gasteiger partial charge in [-0.25, -0.2) is 5.43 Å². The van der Waals surface area contributed by atoms with Crippen molar-refractivity contribution in [3.8, 4) is 5.75 Å². The maximum absolute atomic E-state index is 12.8. The molecule has 2 amide bonds. The smallest absolute Gasteiger partial charge is 0.237 e. The third kappa shape index (κ3) is 5.82. The number of primary amides is 1. The second-order valence-electron chi connectivity index (χ2n) is 7.19. The Morgan fingerprint density at radius 1 is 1.25 bits per heavy atom. The number of benzene rings is 1. The highest BCUT2D eigenvalue weighted by Crippen LogP contribution is 2.27. The number of aromatic amines is 1. The Balaban J connectivity index is 2.07. The number of H-pyrrole nitrogens is 1. The number of rotatable bonds is 11. The van der Waals surface area contributed by atoms with Gasteiger partial charge in [-0.15, -0.1) is 0 Å². The molecule has 0 fully saturated rings. The van der Waals surface area contributed by atoms with E-state index in [0.717, 1.165) is 10.9 Å². The van der Waals surface area contributed by atoms with Crippen LogP contribution in [0.25, 0.3) is 10.9 Å². The third-order valence-corrected chi connectivity index (χ3v) is 4.41. The van der Waals surface area contributed by atoms with Crippen LogP contribution in [0.1, 0.15) is 43.6 Å². The van der Waals surface area contributed by atoms with Crippen molar-refractivity contribution in [1.29, 1.82) is 0 Å². The summed E-state index contributed by atoms with van der Waals surface area (Å²) in [5, 5.41) is 0.825. The van der Waals surface area contributed by atoms with Crippen molar-refractivity contribution in [1.82, 2.24) is 15.8 Å². The van der Waals surface area contributed by atoms with Crippen LogP contribution >= 0.6 is 0 Å². The Kier molecular flexibility index (Phi) is 7.57. The summed E-state index contributed by atoms with van der Waals surface area (Å²) in [5.41, 5.74) is 11.6. The van der Waals surface area contributed by atoms with E-state index in [1.165, 1.54) is 0 Å². The van der Waals surface area contributed by atoms with Gasteiger partial charge < -0.3 is 15.5 Å². The highest BCUT2D eigenvalue weighted by Gasteiger charge is 2.24. The number of carbonyl (C=O) groups is 3. The third-order valence-electron chi connectivity index (χ3n) is 4.41. The summed E-state index contributed by atoms with van der Waals surface area (Å²) < 4.78 is 5.33. The first-order chi connectivity index (χ1) is 13.3. The number of fused-ring (bicyclic) bond motifs is 1. The van der Waals surface area contributed by atoms with Crippen LogP contribution in [-0.4, -0.2) is 36.2 Å². The van der Waals surface area contributed by atoms with Crippen LogP contribution in [-0.2, 0) is 9.59 Å². The van der Waals surface area contributed by atoms with Crippen LogP contribution in [0.4, 0.5) is 0 Å². The maximum Gasteiger partial charge on any atom is 0.237 e. The zero-order valence-corrected chi connectivity index (χ0v) is 16.5. The van der Waals surface area contributed by atoms with Gasteiger partial charge in [-0.05, 0) is 30.5 Å². The maximum atomic E-state index is 12.8. The molecule has 0 saturated heterocycles. The minimum Gasteiger partial charge on any atom is -0.496 e. The number of ketones is 1. The van der Waals surface area contributed by atoms with E-state index >= 15 is 0 Å². The molecule has 0 aliphatic heterocycles. The van der Waals surface area contributed by atoms with Crippen LogP contribution in [0.15, 0.2) is 24.3 Å². The average Bonchev–Trinajstić information content (AvgIpc) is 3.08. The second kappa shape index (κ2) is 9.89. The normalized spacial score (nSPS) is 12.1. The van der Waals surface area contributed by atoms with E-state index in [1.807, 2.05) is 32.0 Å². The van der Waals surface area contributed by atoms with Gasteiger partial charge in [-0.2, -0.15) is 0 Å². The van der Waals surface area contributed by atoms with Gasteiger partial charge in [0.25, 0.3) is 0 Å². The summed E-state index contributed by atoms with van der Waals surface area (Å²) in [6, 6.07) is 7.30. The number of hydrogen-bond acceptors (Lipinski definition) is 5. The lowest BCUT2D eigenvalue weighted by Gasteiger charge is -2.18. The van der Waals surface area contributed by atoms with Crippen molar-refractivity contribution >= 4 is 28.5 Å². The summed E-state index contributed by atoms with van der Waals surface area (Å²) in [6.07, 6.45) is 0.764. The predicted molar refractivity (Wildman–Crippen MR) is 107 cm³/mol. The molecule has 1 atom stereocenters. The van der Waals surface area contributed by atoms with E-state index in [4.69, 9.17) is 10.5 Å². The fourth-order valence-electron chi connectivity index (χ4n) is 3.08. The summed E-state index contributed by atoms with van der Waals surface area (Å²) >= 11 is 0. The highest BCUT2D eigenvalue weighted by molar-refractivity contribution is 6.02. The molecule has 5 N–H and O–H groups in total. The lowest BCUT2D eigenvalue weighted by molar-refractivity contribution is -0.127. The Bertz CT molecular complexity index is 844. The van der Waals surface area contributed by atoms with Crippen LogP contribution in [0.3, 0.4) is 0 Å². The minimum absolute atomic E-state index is 0.0800. The van der Waals surface area contributed by atoms with Crippen molar-refractivity contribution in [2.24, 2.45) is 17.6 Å². The van der Waals surface area contributed by atoms with Gasteiger partial charge in [0, 0.05) is 36.2 Å². The van der Waals surface area contributed by atoms with E-state index in [-0.39, 0.29) is 37.0 Å². The van der Waals surface area contributed by atoms with E-state index in [9.17, 15) is 14.4 Å². The number of ether oxygens (including phenoxy) is 1. The van der Waals surface area contributed by atoms with Crippen molar-refractivity contribution < 1.29 is 19.1 Å². The van der Waals surface area contributed by atoms with Gasteiger partial charge in [0.2, 0.25) is 11.8 Å². The monoisotopic (exact) mass is 388 g/mol. The SMILES string of the molecule is COc1cccc2[nH]c(C(=O)C[C@@H](CC(C)C)C(=O)NNCCC(N)=O)cc12. The first-order valence-corrected chi connectivity index (χ1v) is 9.31. The molecule has 1 heterocycles. The number of aromatic nitrogens is 1. The molecule has 0 unspecified atom stereocenters. The molecule has 0 aliphatic carbocycles. The van der Waals surface area contributed by atoms with Gasteiger partial charge >= 0.3 is 0 Å². The topological polar surface area (TPSA) is 126 Å². The molecule has 0 aliphatic rings. The largest absolute Gasteiger partial charge is 0.496 e. The molecule has 0 saturated carbocycles. The molecule has 152 valence electrons. The number of methoxy groups -OCH3 is 1. The fourth-order valence-corrected chi connectivity index (χ4v) is 3.08. The van der Waals surface area contributed by atoms with E-state index in [1.54, 1.807) is 13.2 Å². The summed E-state index contributed by atoms with van der Waals surface area (Å²) in [4.78, 5) is 39.1. The number of nitrogens with one attached hydrogen (secondary N) is 3. The zero-order chi connectivity index (χ0) is 20.7. The van der Waals surface area contributed by atoms with Gasteiger partial charge in [0.05, 0.1) is 12.8 Å². The predicted octanol–water partition coefficient (Wildman–Crippen LogP) is 1.91. The van der Waals surface area contributed by atoms with E-state index in [2.05, 4.69) is 15.8 Å². The number of Topliss-reactive ketones (excluding diaryl/α,β-unsaturated/α-hetero) is 1.